The van der Waals surface area contributed by atoms with Gasteiger partial charge < -0.3 is 9.64 Å². The maximum atomic E-state index is 9.57. The number of likely N-dealkylation sites (N-methyl/N-ethyl adjacent to an activating group) is 1. The summed E-state index contributed by atoms with van der Waals surface area (Å²) in [7, 11) is 2.18. The third-order valence-corrected chi connectivity index (χ3v) is 4.91. The van der Waals surface area contributed by atoms with Crippen LogP contribution in [0.15, 0.2) is 0 Å². The fourth-order valence-corrected chi connectivity index (χ4v) is 3.81. The Morgan fingerprint density at radius 2 is 2.25 bits per heavy atom. The molecule has 4 nitrogen and oxygen atoms in total. The summed E-state index contributed by atoms with van der Waals surface area (Å²) < 4.78 is 5.69. The van der Waals surface area contributed by atoms with Crippen molar-refractivity contribution in [3.63, 3.8) is 0 Å². The zero-order chi connectivity index (χ0) is 14.4. The van der Waals surface area contributed by atoms with E-state index in [2.05, 4.69) is 30.3 Å². The predicted molar refractivity (Wildman–Crippen MR) is 80.4 cm³/mol. The zero-order valence-electron chi connectivity index (χ0n) is 13.0. The molecule has 0 aromatic heterocycles. The molecule has 0 amide bonds. The number of hydrogen-bond acceptors (Lipinski definition) is 4. The van der Waals surface area contributed by atoms with E-state index < -0.39 is 0 Å². The minimum atomic E-state index is -0.264. The van der Waals surface area contributed by atoms with Gasteiger partial charge in [0, 0.05) is 13.2 Å². The number of ether oxygens (including phenoxy) is 1. The normalized spacial score (nSPS) is 33.7. The van der Waals surface area contributed by atoms with Crippen molar-refractivity contribution in [2.24, 2.45) is 5.92 Å². The average Bonchev–Trinajstić information content (AvgIpc) is 3.07. The van der Waals surface area contributed by atoms with E-state index in [1.165, 1.54) is 25.7 Å². The molecule has 2 rings (SSSR count). The lowest BCUT2D eigenvalue weighted by atomic mass is 9.85. The minimum absolute atomic E-state index is 0.264. The van der Waals surface area contributed by atoms with E-state index in [0.29, 0.717) is 12.0 Å². The molecule has 0 spiro atoms. The Morgan fingerprint density at radius 1 is 1.40 bits per heavy atom. The van der Waals surface area contributed by atoms with E-state index >= 15 is 0 Å². The van der Waals surface area contributed by atoms with Crippen molar-refractivity contribution in [1.82, 2.24) is 10.2 Å². The van der Waals surface area contributed by atoms with Gasteiger partial charge in [0.25, 0.3) is 0 Å². The molecule has 1 aliphatic carbocycles. The monoisotopic (exact) mass is 279 g/mol. The van der Waals surface area contributed by atoms with Crippen LogP contribution in [0.25, 0.3) is 0 Å². The van der Waals surface area contributed by atoms with Crippen LogP contribution < -0.4 is 5.32 Å². The van der Waals surface area contributed by atoms with E-state index in [0.717, 1.165) is 39.1 Å². The molecule has 1 heterocycles. The van der Waals surface area contributed by atoms with E-state index in [4.69, 9.17) is 4.74 Å². The van der Waals surface area contributed by atoms with E-state index in [-0.39, 0.29) is 5.54 Å². The van der Waals surface area contributed by atoms with Crippen molar-refractivity contribution in [1.29, 1.82) is 5.26 Å². The van der Waals surface area contributed by atoms with Crippen LogP contribution in [0.5, 0.6) is 0 Å². The molecule has 1 saturated carbocycles. The molecule has 0 radical (unpaired) electrons. The largest absolute Gasteiger partial charge is 0.377 e. The van der Waals surface area contributed by atoms with Gasteiger partial charge in [0.1, 0.15) is 5.54 Å². The molecular weight excluding hydrogens is 250 g/mol. The van der Waals surface area contributed by atoms with Gasteiger partial charge in [-0.05, 0) is 58.2 Å². The third kappa shape index (κ3) is 3.72. The van der Waals surface area contributed by atoms with Gasteiger partial charge in [-0.1, -0.05) is 13.3 Å². The van der Waals surface area contributed by atoms with Crippen LogP contribution in [0, 0.1) is 17.2 Å². The molecular formula is C16H29N3O. The first-order valence-corrected chi connectivity index (χ1v) is 8.16. The average molecular weight is 279 g/mol. The second-order valence-corrected chi connectivity index (χ2v) is 6.39. The topological polar surface area (TPSA) is 48.3 Å². The van der Waals surface area contributed by atoms with Gasteiger partial charge in [0.05, 0.1) is 12.2 Å². The highest BCUT2D eigenvalue weighted by atomic mass is 16.5. The second-order valence-electron chi connectivity index (χ2n) is 6.39. The third-order valence-electron chi connectivity index (χ3n) is 4.91. The van der Waals surface area contributed by atoms with Crippen LogP contribution in [0.1, 0.15) is 45.4 Å². The first-order chi connectivity index (χ1) is 9.70. The first kappa shape index (κ1) is 15.8. The second kappa shape index (κ2) is 7.40. The Balaban J connectivity index is 1.78. The summed E-state index contributed by atoms with van der Waals surface area (Å²) in [6.07, 6.45) is 7.33. The number of nitrogens with one attached hydrogen (secondary N) is 1. The fourth-order valence-electron chi connectivity index (χ4n) is 3.81. The molecule has 20 heavy (non-hydrogen) atoms. The SMILES string of the molecule is CCNC1(C#N)CCCC1CCN(C)CC1CCCO1. The van der Waals surface area contributed by atoms with Crippen molar-refractivity contribution in [3.8, 4) is 6.07 Å². The maximum Gasteiger partial charge on any atom is 0.109 e. The molecule has 3 atom stereocenters. The Hall–Kier alpha value is -0.630. The van der Waals surface area contributed by atoms with Crippen molar-refractivity contribution in [2.75, 3.05) is 33.3 Å². The highest BCUT2D eigenvalue weighted by molar-refractivity contribution is 5.14. The molecule has 0 bridgehead atoms. The van der Waals surface area contributed by atoms with Crippen LogP contribution >= 0.6 is 0 Å². The molecule has 2 fully saturated rings. The van der Waals surface area contributed by atoms with Crippen LogP contribution in [0.4, 0.5) is 0 Å². The van der Waals surface area contributed by atoms with Crippen LogP contribution in [0.3, 0.4) is 0 Å². The number of hydrogen-bond donors (Lipinski definition) is 1. The lowest BCUT2D eigenvalue weighted by Gasteiger charge is -2.31. The molecule has 4 heteroatoms. The minimum Gasteiger partial charge on any atom is -0.377 e. The summed E-state index contributed by atoms with van der Waals surface area (Å²) in [6, 6.07) is 2.57. The molecule has 0 aromatic carbocycles. The van der Waals surface area contributed by atoms with Gasteiger partial charge in [-0.3, -0.25) is 5.32 Å². The molecule has 1 aliphatic heterocycles. The van der Waals surface area contributed by atoms with Gasteiger partial charge in [-0.15, -0.1) is 0 Å². The van der Waals surface area contributed by atoms with Gasteiger partial charge in [0.2, 0.25) is 0 Å². The van der Waals surface area contributed by atoms with Crippen LogP contribution in [0.2, 0.25) is 0 Å². The summed E-state index contributed by atoms with van der Waals surface area (Å²) in [6.45, 7) is 6.01. The Kier molecular flexibility index (Phi) is 5.83. The van der Waals surface area contributed by atoms with Gasteiger partial charge in [-0.25, -0.2) is 0 Å². The summed E-state index contributed by atoms with van der Waals surface area (Å²) in [5, 5.41) is 13.0. The Bertz CT molecular complexity index is 335. The molecule has 2 aliphatic rings. The van der Waals surface area contributed by atoms with E-state index in [9.17, 15) is 5.26 Å². The standard InChI is InChI=1S/C16H29N3O/c1-3-18-16(13-17)9-4-6-14(16)8-10-19(2)12-15-7-5-11-20-15/h14-15,18H,3-12H2,1-2H3. The summed E-state index contributed by atoms with van der Waals surface area (Å²) in [5.41, 5.74) is -0.264. The highest BCUT2D eigenvalue weighted by Gasteiger charge is 2.42. The first-order valence-electron chi connectivity index (χ1n) is 8.16. The lowest BCUT2D eigenvalue weighted by Crippen LogP contribution is -2.47. The molecule has 1 saturated heterocycles. The number of nitriles is 1. The summed E-state index contributed by atoms with van der Waals surface area (Å²) in [4.78, 5) is 2.38. The fraction of sp³-hybridized carbons (Fsp3) is 0.938. The van der Waals surface area contributed by atoms with Crippen molar-refractivity contribution < 1.29 is 4.74 Å². The molecule has 3 unspecified atom stereocenters. The quantitative estimate of drug-likeness (QED) is 0.776. The van der Waals surface area contributed by atoms with Crippen molar-refractivity contribution in [2.45, 2.75) is 57.1 Å². The Labute approximate surface area is 123 Å². The Morgan fingerprint density at radius 3 is 2.90 bits per heavy atom. The van der Waals surface area contributed by atoms with E-state index in [1.54, 1.807) is 0 Å². The molecule has 1 N–H and O–H groups in total. The number of rotatable bonds is 7. The van der Waals surface area contributed by atoms with Gasteiger partial charge in [0.15, 0.2) is 0 Å². The van der Waals surface area contributed by atoms with Gasteiger partial charge in [-0.2, -0.15) is 5.26 Å². The summed E-state index contributed by atoms with van der Waals surface area (Å²) >= 11 is 0. The van der Waals surface area contributed by atoms with Crippen LogP contribution in [-0.4, -0.2) is 49.8 Å². The molecule has 0 aromatic rings. The molecule has 114 valence electrons. The number of nitrogens with zero attached hydrogens (tertiary/aromatic N) is 2. The van der Waals surface area contributed by atoms with E-state index in [1.807, 2.05) is 0 Å². The smallest absolute Gasteiger partial charge is 0.109 e. The predicted octanol–water partition coefficient (Wildman–Crippen LogP) is 2.16. The zero-order valence-corrected chi connectivity index (χ0v) is 13.0. The van der Waals surface area contributed by atoms with Crippen LogP contribution in [-0.2, 0) is 4.74 Å². The maximum absolute atomic E-state index is 9.57. The summed E-state index contributed by atoms with van der Waals surface area (Å²) in [5.74, 6) is 0.499. The van der Waals surface area contributed by atoms with Crippen molar-refractivity contribution in [3.05, 3.63) is 0 Å². The van der Waals surface area contributed by atoms with Gasteiger partial charge >= 0.3 is 0 Å². The van der Waals surface area contributed by atoms with Crippen molar-refractivity contribution >= 4 is 0 Å². The highest BCUT2D eigenvalue weighted by Crippen LogP contribution is 2.37. The lowest BCUT2D eigenvalue weighted by molar-refractivity contribution is 0.0787.